The lowest BCUT2D eigenvalue weighted by molar-refractivity contribution is 0.186. The van der Waals surface area contributed by atoms with Crippen molar-refractivity contribution in [1.29, 1.82) is 0 Å². The third kappa shape index (κ3) is 9.80. The van der Waals surface area contributed by atoms with Crippen LogP contribution in [-0.2, 0) is 0 Å². The number of nitrogens with one attached hydrogen (secondary N) is 2. The summed E-state index contributed by atoms with van der Waals surface area (Å²) in [5.74, 6) is 2.15. The van der Waals surface area contributed by atoms with Crippen molar-refractivity contribution < 1.29 is 14.6 Å². The number of halogens is 1. The van der Waals surface area contributed by atoms with Gasteiger partial charge in [0.25, 0.3) is 0 Å². The molecule has 0 aliphatic carbocycles. The van der Waals surface area contributed by atoms with E-state index in [0.717, 1.165) is 23.6 Å². The summed E-state index contributed by atoms with van der Waals surface area (Å²) in [4.78, 5) is 8.46. The van der Waals surface area contributed by atoms with E-state index in [9.17, 15) is 5.11 Å². The predicted molar refractivity (Wildman–Crippen MR) is 126 cm³/mol. The fourth-order valence-electron chi connectivity index (χ4n) is 2.44. The summed E-state index contributed by atoms with van der Waals surface area (Å²) >= 11 is 0. The summed E-state index contributed by atoms with van der Waals surface area (Å²) in [5, 5.41) is 16.7. The molecule has 29 heavy (non-hydrogen) atoms. The molecular weight excluding hydrogens is 483 g/mol. The number of pyridine rings is 1. The monoisotopic (exact) mass is 514 g/mol. The summed E-state index contributed by atoms with van der Waals surface area (Å²) in [6.45, 7) is 8.00. The fourth-order valence-corrected chi connectivity index (χ4v) is 2.44. The van der Waals surface area contributed by atoms with E-state index in [1.807, 2.05) is 57.2 Å². The van der Waals surface area contributed by atoms with Gasteiger partial charge in [-0.2, -0.15) is 0 Å². The third-order valence-electron chi connectivity index (χ3n) is 3.70. The molecule has 2 rings (SSSR count). The van der Waals surface area contributed by atoms with Crippen molar-refractivity contribution >= 4 is 29.9 Å². The molecule has 0 bridgehead atoms. The molecule has 0 saturated carbocycles. The molecule has 8 heteroatoms. The van der Waals surface area contributed by atoms with Crippen LogP contribution in [0.3, 0.4) is 0 Å². The number of hydrogen-bond donors (Lipinski definition) is 3. The van der Waals surface area contributed by atoms with Gasteiger partial charge in [0.05, 0.1) is 31.5 Å². The molecule has 0 aliphatic heterocycles. The van der Waals surface area contributed by atoms with E-state index in [-0.39, 0.29) is 36.6 Å². The van der Waals surface area contributed by atoms with E-state index in [1.165, 1.54) is 0 Å². The Morgan fingerprint density at radius 1 is 1.14 bits per heavy atom. The number of ether oxygens (including phenoxy) is 2. The van der Waals surface area contributed by atoms with Crippen molar-refractivity contribution in [1.82, 2.24) is 15.6 Å². The highest BCUT2D eigenvalue weighted by atomic mass is 127. The lowest BCUT2D eigenvalue weighted by Gasteiger charge is -2.14. The zero-order chi connectivity index (χ0) is 20.2. The van der Waals surface area contributed by atoms with Gasteiger partial charge < -0.3 is 25.2 Å². The van der Waals surface area contributed by atoms with Crippen LogP contribution in [0.4, 0.5) is 0 Å². The maximum atomic E-state index is 10.4. The predicted octanol–water partition coefficient (Wildman–Crippen LogP) is 3.15. The SMILES string of the molecule is CCNC(=NCC(O)c1ccc(OC(C)C)cc1)NCCOc1cccnc1.I. The second-order valence-corrected chi connectivity index (χ2v) is 6.44. The Labute approximate surface area is 190 Å². The average Bonchev–Trinajstić information content (AvgIpc) is 2.70. The highest BCUT2D eigenvalue weighted by Gasteiger charge is 2.08. The molecule has 2 aromatic rings. The number of aromatic nitrogens is 1. The highest BCUT2D eigenvalue weighted by molar-refractivity contribution is 14.0. The lowest BCUT2D eigenvalue weighted by Crippen LogP contribution is -2.39. The van der Waals surface area contributed by atoms with Crippen molar-refractivity contribution in [3.05, 3.63) is 54.4 Å². The van der Waals surface area contributed by atoms with E-state index >= 15 is 0 Å². The van der Waals surface area contributed by atoms with E-state index in [1.54, 1.807) is 12.4 Å². The fraction of sp³-hybridized carbons (Fsp3) is 0.429. The van der Waals surface area contributed by atoms with E-state index in [2.05, 4.69) is 20.6 Å². The van der Waals surface area contributed by atoms with Crippen LogP contribution < -0.4 is 20.1 Å². The Balaban J connectivity index is 0.00000420. The number of aliphatic imine (C=N–C) groups is 1. The van der Waals surface area contributed by atoms with Crippen LogP contribution in [0.15, 0.2) is 53.8 Å². The minimum absolute atomic E-state index is 0. The second kappa shape index (κ2) is 14.0. The number of rotatable bonds is 10. The number of aliphatic hydroxyl groups excluding tert-OH is 1. The molecule has 0 amide bonds. The van der Waals surface area contributed by atoms with Crippen molar-refractivity contribution in [2.24, 2.45) is 4.99 Å². The molecule has 0 saturated heterocycles. The van der Waals surface area contributed by atoms with E-state index in [4.69, 9.17) is 9.47 Å². The molecule has 3 N–H and O–H groups in total. The van der Waals surface area contributed by atoms with Gasteiger partial charge in [0.15, 0.2) is 5.96 Å². The Morgan fingerprint density at radius 2 is 1.90 bits per heavy atom. The number of benzene rings is 1. The Bertz CT molecular complexity index is 712. The number of nitrogens with zero attached hydrogens (tertiary/aromatic N) is 2. The Hall–Kier alpha value is -2.07. The normalized spacial score (nSPS) is 12.1. The van der Waals surface area contributed by atoms with Crippen LogP contribution in [0, 0.1) is 0 Å². The zero-order valence-electron chi connectivity index (χ0n) is 17.2. The van der Waals surface area contributed by atoms with Gasteiger partial charge in [0, 0.05) is 12.7 Å². The molecule has 1 aromatic heterocycles. The quantitative estimate of drug-likeness (QED) is 0.196. The van der Waals surface area contributed by atoms with Crippen molar-refractivity contribution in [2.75, 3.05) is 26.2 Å². The molecule has 1 aromatic carbocycles. The molecule has 1 heterocycles. The van der Waals surface area contributed by atoms with Crippen LogP contribution in [0.1, 0.15) is 32.4 Å². The average molecular weight is 514 g/mol. The minimum Gasteiger partial charge on any atom is -0.491 e. The molecular formula is C21H31IN4O3. The first kappa shape index (κ1) is 25.0. The van der Waals surface area contributed by atoms with Crippen LogP contribution >= 0.6 is 24.0 Å². The number of guanidine groups is 1. The standard InChI is InChI=1S/C21H30N4O3.HI/c1-4-23-21(24-12-13-27-19-6-5-11-22-14-19)25-15-20(26)17-7-9-18(10-8-17)28-16(2)3;/h5-11,14,16,20,26H,4,12-13,15H2,1-3H3,(H2,23,24,25);1H. The summed E-state index contributed by atoms with van der Waals surface area (Å²) in [6.07, 6.45) is 2.82. The van der Waals surface area contributed by atoms with Gasteiger partial charge >= 0.3 is 0 Å². The smallest absolute Gasteiger partial charge is 0.191 e. The third-order valence-corrected chi connectivity index (χ3v) is 3.70. The Kier molecular flexibility index (Phi) is 12.1. The molecule has 0 radical (unpaired) electrons. The maximum absolute atomic E-state index is 10.4. The van der Waals surface area contributed by atoms with E-state index < -0.39 is 6.10 Å². The van der Waals surface area contributed by atoms with Crippen molar-refractivity contribution in [2.45, 2.75) is 33.0 Å². The molecule has 0 spiro atoms. The Morgan fingerprint density at radius 3 is 2.52 bits per heavy atom. The van der Waals surface area contributed by atoms with Crippen LogP contribution in [0.25, 0.3) is 0 Å². The maximum Gasteiger partial charge on any atom is 0.191 e. The summed E-state index contributed by atoms with van der Waals surface area (Å²) in [7, 11) is 0. The molecule has 0 aliphatic rings. The number of aliphatic hydroxyl groups is 1. The van der Waals surface area contributed by atoms with Gasteiger partial charge in [-0.1, -0.05) is 12.1 Å². The van der Waals surface area contributed by atoms with Crippen LogP contribution in [0.2, 0.25) is 0 Å². The first-order chi connectivity index (χ1) is 13.6. The molecule has 7 nitrogen and oxygen atoms in total. The lowest BCUT2D eigenvalue weighted by atomic mass is 10.1. The van der Waals surface area contributed by atoms with Gasteiger partial charge in [-0.25, -0.2) is 0 Å². The molecule has 160 valence electrons. The van der Waals surface area contributed by atoms with Crippen molar-refractivity contribution in [3.63, 3.8) is 0 Å². The molecule has 1 unspecified atom stereocenters. The van der Waals surface area contributed by atoms with Gasteiger partial charge in [0.1, 0.15) is 18.1 Å². The van der Waals surface area contributed by atoms with Gasteiger partial charge in [-0.15, -0.1) is 24.0 Å². The van der Waals surface area contributed by atoms with Crippen LogP contribution in [-0.4, -0.2) is 48.4 Å². The second-order valence-electron chi connectivity index (χ2n) is 6.44. The molecule has 0 fully saturated rings. The molecule has 1 atom stereocenters. The summed E-state index contributed by atoms with van der Waals surface area (Å²) in [5.41, 5.74) is 0.801. The minimum atomic E-state index is -0.685. The van der Waals surface area contributed by atoms with Gasteiger partial charge in [-0.3, -0.25) is 9.98 Å². The van der Waals surface area contributed by atoms with Gasteiger partial charge in [0.2, 0.25) is 0 Å². The van der Waals surface area contributed by atoms with E-state index in [0.29, 0.717) is 19.1 Å². The van der Waals surface area contributed by atoms with Gasteiger partial charge in [-0.05, 0) is 50.6 Å². The van der Waals surface area contributed by atoms with Crippen LogP contribution in [0.5, 0.6) is 11.5 Å². The topological polar surface area (TPSA) is 88.0 Å². The number of hydrogen-bond acceptors (Lipinski definition) is 5. The first-order valence-electron chi connectivity index (χ1n) is 9.58. The summed E-state index contributed by atoms with van der Waals surface area (Å²) < 4.78 is 11.2. The van der Waals surface area contributed by atoms with Crippen molar-refractivity contribution in [3.8, 4) is 11.5 Å². The highest BCUT2D eigenvalue weighted by Crippen LogP contribution is 2.19. The largest absolute Gasteiger partial charge is 0.491 e. The first-order valence-corrected chi connectivity index (χ1v) is 9.58. The summed E-state index contributed by atoms with van der Waals surface area (Å²) in [6, 6.07) is 11.1. The zero-order valence-corrected chi connectivity index (χ0v) is 19.5.